The summed E-state index contributed by atoms with van der Waals surface area (Å²) in [5.74, 6) is 0.473. The quantitative estimate of drug-likeness (QED) is 0.536. The monoisotopic (exact) mass is 424 g/mol. The molecule has 2 saturated heterocycles. The van der Waals surface area contributed by atoms with E-state index in [1.807, 2.05) is 23.1 Å². The molecule has 0 spiro atoms. The molecule has 0 radical (unpaired) electrons. The number of rotatable bonds is 5. The highest BCUT2D eigenvalue weighted by Gasteiger charge is 2.60. The molecule has 3 amide bonds. The van der Waals surface area contributed by atoms with Gasteiger partial charge >= 0.3 is 0 Å². The van der Waals surface area contributed by atoms with E-state index in [0.717, 1.165) is 24.8 Å². The second-order valence-electron chi connectivity index (χ2n) is 9.03. The molecule has 164 valence electrons. The lowest BCUT2D eigenvalue weighted by Gasteiger charge is -2.31. The Bertz CT molecular complexity index is 943. The number of ether oxygens (including phenoxy) is 2. The first kappa shape index (κ1) is 20.1. The molecule has 2 aliphatic heterocycles. The number of hydrogen-bond acceptors (Lipinski definition) is 5. The summed E-state index contributed by atoms with van der Waals surface area (Å²) < 4.78 is 10.7. The Morgan fingerprint density at radius 2 is 1.68 bits per heavy atom. The predicted molar refractivity (Wildman–Crippen MR) is 112 cm³/mol. The molecule has 0 unspecified atom stereocenters. The van der Waals surface area contributed by atoms with E-state index >= 15 is 0 Å². The van der Waals surface area contributed by atoms with Gasteiger partial charge in [-0.2, -0.15) is 0 Å². The van der Waals surface area contributed by atoms with Crippen molar-refractivity contribution < 1.29 is 23.9 Å². The minimum Gasteiger partial charge on any atom is -0.493 e. The SMILES string of the molecule is COc1ccc([C@@H]2CCCN2C(=O)[C@H](C)N2C(=O)[C@@H]3[C@@H](C2=O)[C@H]2C=C[C@H]3C2)cc1OC. The molecule has 6 atom stereocenters. The number of carbonyl (C=O) groups excluding carboxylic acids is 3. The predicted octanol–water partition coefficient (Wildman–Crippen LogP) is 2.56. The fourth-order valence-electron chi connectivity index (χ4n) is 6.09. The van der Waals surface area contributed by atoms with Crippen LogP contribution in [0.25, 0.3) is 0 Å². The van der Waals surface area contributed by atoms with Gasteiger partial charge in [0.1, 0.15) is 6.04 Å². The van der Waals surface area contributed by atoms with Crippen molar-refractivity contribution >= 4 is 17.7 Å². The summed E-state index contributed by atoms with van der Waals surface area (Å²) in [5, 5.41) is 0. The lowest BCUT2D eigenvalue weighted by atomic mass is 9.85. The van der Waals surface area contributed by atoms with E-state index in [2.05, 4.69) is 12.2 Å². The summed E-state index contributed by atoms with van der Waals surface area (Å²) in [4.78, 5) is 42.8. The van der Waals surface area contributed by atoms with E-state index in [4.69, 9.17) is 9.47 Å². The highest BCUT2D eigenvalue weighted by Crippen LogP contribution is 2.53. The zero-order valence-corrected chi connectivity index (χ0v) is 18.1. The smallest absolute Gasteiger partial charge is 0.246 e. The van der Waals surface area contributed by atoms with Crippen LogP contribution in [0, 0.1) is 23.7 Å². The van der Waals surface area contributed by atoms with Crippen molar-refractivity contribution in [3.8, 4) is 11.5 Å². The molecule has 7 heteroatoms. The Morgan fingerprint density at radius 1 is 1.03 bits per heavy atom. The second kappa shape index (κ2) is 7.39. The molecule has 2 bridgehead atoms. The van der Waals surface area contributed by atoms with Gasteiger partial charge in [-0.15, -0.1) is 0 Å². The first-order valence-corrected chi connectivity index (χ1v) is 11.0. The van der Waals surface area contributed by atoms with Crippen LogP contribution < -0.4 is 9.47 Å². The van der Waals surface area contributed by atoms with E-state index in [9.17, 15) is 14.4 Å². The molecule has 0 N–H and O–H groups in total. The number of fused-ring (bicyclic) bond motifs is 5. The zero-order valence-electron chi connectivity index (χ0n) is 18.1. The Hall–Kier alpha value is -2.83. The van der Waals surface area contributed by atoms with Crippen LogP contribution in [0.5, 0.6) is 11.5 Å². The second-order valence-corrected chi connectivity index (χ2v) is 9.03. The average molecular weight is 424 g/mol. The standard InChI is InChI=1S/C24H28N2O5/c1-13(26-23(28)20-15-6-7-16(11-15)21(20)24(26)29)22(27)25-10-4-5-17(25)14-8-9-18(30-2)19(12-14)31-3/h6-9,12-13,15-17,20-21H,4-5,10-11H2,1-3H3/t13-,15-,16-,17-,20-,21-/m0/s1. The number of methoxy groups -OCH3 is 2. The van der Waals surface area contributed by atoms with E-state index in [0.29, 0.717) is 18.0 Å². The number of likely N-dealkylation sites (tertiary alicyclic amines) is 2. The fourth-order valence-corrected chi connectivity index (χ4v) is 6.09. The molecule has 5 rings (SSSR count). The van der Waals surface area contributed by atoms with Gasteiger partial charge in [-0.05, 0) is 55.7 Å². The van der Waals surface area contributed by atoms with Crippen molar-refractivity contribution in [1.82, 2.24) is 9.80 Å². The first-order valence-electron chi connectivity index (χ1n) is 11.0. The van der Waals surface area contributed by atoms with Crippen LogP contribution in [0.4, 0.5) is 0 Å². The van der Waals surface area contributed by atoms with Gasteiger partial charge in [0.2, 0.25) is 17.7 Å². The number of allylic oxidation sites excluding steroid dienone is 2. The molecule has 4 aliphatic rings. The van der Waals surface area contributed by atoms with Gasteiger partial charge in [-0.1, -0.05) is 18.2 Å². The number of nitrogens with zero attached hydrogens (tertiary/aromatic N) is 2. The minimum atomic E-state index is -0.786. The summed E-state index contributed by atoms with van der Waals surface area (Å²) in [6, 6.07) is 4.79. The van der Waals surface area contributed by atoms with Gasteiger partial charge in [-0.25, -0.2) is 0 Å². The summed E-state index contributed by atoms with van der Waals surface area (Å²) in [7, 11) is 3.18. The van der Waals surface area contributed by atoms with Crippen LogP contribution in [0.1, 0.15) is 37.8 Å². The van der Waals surface area contributed by atoms with Gasteiger partial charge < -0.3 is 14.4 Å². The third-order valence-corrected chi connectivity index (χ3v) is 7.58. The molecule has 1 aromatic carbocycles. The largest absolute Gasteiger partial charge is 0.493 e. The highest BCUT2D eigenvalue weighted by atomic mass is 16.5. The minimum absolute atomic E-state index is 0.111. The van der Waals surface area contributed by atoms with Crippen molar-refractivity contribution in [2.75, 3.05) is 20.8 Å². The van der Waals surface area contributed by atoms with Gasteiger partial charge in [-0.3, -0.25) is 19.3 Å². The summed E-state index contributed by atoms with van der Waals surface area (Å²) in [6.45, 7) is 2.30. The Kier molecular flexibility index (Phi) is 4.79. The van der Waals surface area contributed by atoms with Crippen molar-refractivity contribution in [1.29, 1.82) is 0 Å². The van der Waals surface area contributed by atoms with Gasteiger partial charge in [0.05, 0.1) is 32.1 Å². The molecular weight excluding hydrogens is 396 g/mol. The van der Waals surface area contributed by atoms with Crippen LogP contribution in [0.15, 0.2) is 30.4 Å². The third-order valence-electron chi connectivity index (χ3n) is 7.58. The van der Waals surface area contributed by atoms with Crippen LogP contribution in [-0.4, -0.2) is 54.3 Å². The molecule has 2 aliphatic carbocycles. The number of amides is 3. The van der Waals surface area contributed by atoms with Crippen LogP contribution in [0.2, 0.25) is 0 Å². The normalized spacial score (nSPS) is 32.0. The van der Waals surface area contributed by atoms with E-state index < -0.39 is 6.04 Å². The maximum atomic E-state index is 13.5. The molecule has 2 heterocycles. The van der Waals surface area contributed by atoms with E-state index in [-0.39, 0.29) is 47.4 Å². The summed E-state index contributed by atoms with van der Waals surface area (Å²) >= 11 is 0. The summed E-state index contributed by atoms with van der Waals surface area (Å²) in [5.41, 5.74) is 0.967. The van der Waals surface area contributed by atoms with Crippen molar-refractivity contribution in [2.45, 2.75) is 38.3 Å². The molecule has 7 nitrogen and oxygen atoms in total. The van der Waals surface area contributed by atoms with Crippen LogP contribution in [-0.2, 0) is 14.4 Å². The number of benzene rings is 1. The van der Waals surface area contributed by atoms with Crippen molar-refractivity contribution in [3.63, 3.8) is 0 Å². The molecular formula is C24H28N2O5. The van der Waals surface area contributed by atoms with E-state index in [1.165, 1.54) is 4.90 Å². The number of carbonyl (C=O) groups is 3. The van der Waals surface area contributed by atoms with Crippen LogP contribution >= 0.6 is 0 Å². The molecule has 1 aromatic rings. The lowest BCUT2D eigenvalue weighted by molar-refractivity contribution is -0.152. The Balaban J connectivity index is 1.37. The van der Waals surface area contributed by atoms with Crippen molar-refractivity contribution in [3.05, 3.63) is 35.9 Å². The maximum Gasteiger partial charge on any atom is 0.246 e. The lowest BCUT2D eigenvalue weighted by Crippen LogP contribution is -2.50. The van der Waals surface area contributed by atoms with Gasteiger partial charge in [0.15, 0.2) is 11.5 Å². The number of imide groups is 1. The molecule has 3 fully saturated rings. The highest BCUT2D eigenvalue weighted by molar-refractivity contribution is 6.09. The Morgan fingerprint density at radius 3 is 2.29 bits per heavy atom. The topological polar surface area (TPSA) is 76.2 Å². The summed E-state index contributed by atoms with van der Waals surface area (Å²) in [6.07, 6.45) is 6.73. The molecule has 1 saturated carbocycles. The van der Waals surface area contributed by atoms with E-state index in [1.54, 1.807) is 21.1 Å². The molecule has 0 aromatic heterocycles. The maximum absolute atomic E-state index is 13.5. The van der Waals surface area contributed by atoms with Crippen LogP contribution in [0.3, 0.4) is 0 Å². The third kappa shape index (κ3) is 2.89. The Labute approximate surface area is 182 Å². The average Bonchev–Trinajstić information content (AvgIpc) is 3.56. The van der Waals surface area contributed by atoms with Crippen molar-refractivity contribution in [2.24, 2.45) is 23.7 Å². The molecule has 31 heavy (non-hydrogen) atoms. The van der Waals surface area contributed by atoms with Gasteiger partial charge in [0, 0.05) is 6.54 Å². The zero-order chi connectivity index (χ0) is 21.9. The van der Waals surface area contributed by atoms with Gasteiger partial charge in [0.25, 0.3) is 0 Å². The fraction of sp³-hybridized carbons (Fsp3) is 0.542. The number of hydrogen-bond donors (Lipinski definition) is 0. The first-order chi connectivity index (χ1) is 15.0.